The minimum atomic E-state index is -0.176. The Morgan fingerprint density at radius 1 is 1.44 bits per heavy atom. The van der Waals surface area contributed by atoms with E-state index in [0.29, 0.717) is 6.42 Å². The first kappa shape index (κ1) is 13.0. The van der Waals surface area contributed by atoms with Crippen molar-refractivity contribution in [2.75, 3.05) is 6.61 Å². The highest BCUT2D eigenvalue weighted by molar-refractivity contribution is 5.85. The average molecular weight is 241 g/mol. The molecule has 0 bridgehead atoms. The van der Waals surface area contributed by atoms with Gasteiger partial charge in [0.2, 0.25) is 0 Å². The lowest BCUT2D eigenvalue weighted by molar-refractivity contribution is 0.265. The molecule has 0 amide bonds. The summed E-state index contributed by atoms with van der Waals surface area (Å²) < 4.78 is 0. The Balaban J connectivity index is 0.00000128. The summed E-state index contributed by atoms with van der Waals surface area (Å²) in [6.45, 7) is 2.10. The van der Waals surface area contributed by atoms with Gasteiger partial charge in [-0.1, -0.05) is 11.6 Å². The van der Waals surface area contributed by atoms with Crippen LogP contribution in [0.4, 0.5) is 0 Å². The maximum absolute atomic E-state index is 8.93. The molecule has 1 aromatic heterocycles. The van der Waals surface area contributed by atoms with Crippen LogP contribution in [0.15, 0.2) is 24.4 Å². The van der Waals surface area contributed by atoms with Crippen LogP contribution in [0.5, 0.6) is 0 Å². The lowest BCUT2D eigenvalue weighted by Gasteiger charge is -2.06. The normalized spacial score (nSPS) is 12.4. The van der Waals surface area contributed by atoms with Crippen LogP contribution in [-0.4, -0.2) is 22.7 Å². The third kappa shape index (κ3) is 2.55. The molecule has 88 valence electrons. The smallest absolute Gasteiger partial charge is 0.0585 e. The van der Waals surface area contributed by atoms with Crippen molar-refractivity contribution in [1.29, 1.82) is 0 Å². The van der Waals surface area contributed by atoms with Gasteiger partial charge in [0.25, 0.3) is 0 Å². The Kier molecular flexibility index (Phi) is 4.35. The second-order valence-electron chi connectivity index (χ2n) is 4.01. The van der Waals surface area contributed by atoms with Crippen molar-refractivity contribution in [3.63, 3.8) is 0 Å². The number of nitrogens with two attached hydrogens (primary N) is 1. The van der Waals surface area contributed by atoms with Crippen LogP contribution in [0.25, 0.3) is 10.9 Å². The van der Waals surface area contributed by atoms with E-state index in [0.717, 1.165) is 5.52 Å². The molecule has 1 heterocycles. The van der Waals surface area contributed by atoms with E-state index < -0.39 is 0 Å². The zero-order valence-corrected chi connectivity index (χ0v) is 10.1. The van der Waals surface area contributed by atoms with E-state index >= 15 is 0 Å². The summed E-state index contributed by atoms with van der Waals surface area (Å²) in [5, 5.41) is 10.1. The Bertz CT molecular complexity index is 467. The summed E-state index contributed by atoms with van der Waals surface area (Å²) in [5.41, 5.74) is 9.27. The number of aliphatic hydroxyl groups is 1. The molecule has 0 fully saturated rings. The van der Waals surface area contributed by atoms with Crippen LogP contribution in [0.2, 0.25) is 0 Å². The third-order valence-corrected chi connectivity index (χ3v) is 2.64. The zero-order valence-electron chi connectivity index (χ0n) is 9.23. The van der Waals surface area contributed by atoms with E-state index in [1.54, 1.807) is 0 Å². The predicted octanol–water partition coefficient (Wildman–Crippen LogP) is 1.76. The molecule has 3 nitrogen and oxygen atoms in total. The minimum absolute atomic E-state index is 0. The molecule has 0 aliphatic carbocycles. The maximum atomic E-state index is 8.93. The van der Waals surface area contributed by atoms with Gasteiger partial charge in [0, 0.05) is 23.1 Å². The molecule has 2 aromatic rings. The largest absolute Gasteiger partial charge is 0.395 e. The second kappa shape index (κ2) is 5.34. The first-order chi connectivity index (χ1) is 7.20. The highest BCUT2D eigenvalue weighted by Gasteiger charge is 2.07. The molecule has 0 saturated heterocycles. The fourth-order valence-corrected chi connectivity index (χ4v) is 1.81. The molecule has 0 aliphatic heterocycles. The van der Waals surface area contributed by atoms with E-state index in [4.69, 9.17) is 10.8 Å². The summed E-state index contributed by atoms with van der Waals surface area (Å²) in [6.07, 6.45) is 2.68. The third-order valence-electron chi connectivity index (χ3n) is 2.64. The lowest BCUT2D eigenvalue weighted by atomic mass is 10.0. The molecule has 16 heavy (non-hydrogen) atoms. The van der Waals surface area contributed by atoms with E-state index in [1.807, 2.05) is 6.20 Å². The van der Waals surface area contributed by atoms with Gasteiger partial charge in [0.15, 0.2) is 0 Å². The number of rotatable bonds is 3. The molecule has 1 unspecified atom stereocenters. The molecule has 1 atom stereocenters. The van der Waals surface area contributed by atoms with Crippen LogP contribution in [0.3, 0.4) is 0 Å². The van der Waals surface area contributed by atoms with Gasteiger partial charge in [0.1, 0.15) is 0 Å². The van der Waals surface area contributed by atoms with E-state index in [9.17, 15) is 0 Å². The molecular weight excluding hydrogens is 224 g/mol. The number of aromatic amines is 1. The predicted molar refractivity (Wildman–Crippen MR) is 69.0 cm³/mol. The summed E-state index contributed by atoms with van der Waals surface area (Å²) in [5.74, 6) is 0. The summed E-state index contributed by atoms with van der Waals surface area (Å²) >= 11 is 0. The molecule has 0 spiro atoms. The van der Waals surface area contributed by atoms with Crippen LogP contribution in [-0.2, 0) is 6.42 Å². The monoisotopic (exact) mass is 240 g/mol. The number of aromatic nitrogens is 1. The lowest BCUT2D eigenvalue weighted by Crippen LogP contribution is -2.26. The molecule has 0 saturated carbocycles. The van der Waals surface area contributed by atoms with Gasteiger partial charge in [0.05, 0.1) is 6.61 Å². The molecule has 4 heteroatoms. The van der Waals surface area contributed by atoms with Crippen molar-refractivity contribution in [3.05, 3.63) is 35.5 Å². The second-order valence-corrected chi connectivity index (χ2v) is 4.01. The number of fused-ring (bicyclic) bond motifs is 1. The van der Waals surface area contributed by atoms with Gasteiger partial charge in [-0.2, -0.15) is 0 Å². The number of nitrogens with one attached hydrogen (secondary N) is 1. The number of H-pyrrole nitrogens is 1. The number of hydrogen-bond acceptors (Lipinski definition) is 2. The van der Waals surface area contributed by atoms with Crippen LogP contribution in [0, 0.1) is 6.92 Å². The SMILES string of the molecule is Cc1ccc2[nH]cc(CC(N)CO)c2c1.Cl. The van der Waals surface area contributed by atoms with Gasteiger partial charge in [-0.15, -0.1) is 12.4 Å². The van der Waals surface area contributed by atoms with Gasteiger partial charge >= 0.3 is 0 Å². The fourth-order valence-electron chi connectivity index (χ4n) is 1.81. The van der Waals surface area contributed by atoms with Crippen molar-refractivity contribution in [2.45, 2.75) is 19.4 Å². The zero-order chi connectivity index (χ0) is 10.8. The first-order valence-electron chi connectivity index (χ1n) is 5.13. The number of benzene rings is 1. The van der Waals surface area contributed by atoms with Crippen molar-refractivity contribution in [1.82, 2.24) is 4.98 Å². The fraction of sp³-hybridized carbons (Fsp3) is 0.333. The Hall–Kier alpha value is -1.03. The standard InChI is InChI=1S/C12H16N2O.ClH/c1-8-2-3-12-11(4-8)9(6-14-12)5-10(13)7-15;/h2-4,6,10,14-15H,5,7,13H2,1H3;1H. The first-order valence-corrected chi connectivity index (χ1v) is 5.13. The van der Waals surface area contributed by atoms with Gasteiger partial charge in [-0.3, -0.25) is 0 Å². The summed E-state index contributed by atoms with van der Waals surface area (Å²) in [7, 11) is 0. The number of aryl methyl sites for hydroxylation is 1. The highest BCUT2D eigenvalue weighted by atomic mass is 35.5. The molecule has 4 N–H and O–H groups in total. The van der Waals surface area contributed by atoms with Crippen molar-refractivity contribution >= 4 is 23.3 Å². The van der Waals surface area contributed by atoms with Crippen LogP contribution < -0.4 is 5.73 Å². The van der Waals surface area contributed by atoms with E-state index in [2.05, 4.69) is 30.1 Å². The highest BCUT2D eigenvalue weighted by Crippen LogP contribution is 2.20. The molecule has 2 rings (SSSR count). The quantitative estimate of drug-likeness (QED) is 0.766. The van der Waals surface area contributed by atoms with Crippen molar-refractivity contribution in [2.24, 2.45) is 5.73 Å². The van der Waals surface area contributed by atoms with Crippen molar-refractivity contribution < 1.29 is 5.11 Å². The topological polar surface area (TPSA) is 62.0 Å². The number of hydrogen-bond donors (Lipinski definition) is 3. The van der Waals surface area contributed by atoms with E-state index in [1.165, 1.54) is 16.5 Å². The molecule has 1 aromatic carbocycles. The summed E-state index contributed by atoms with van der Waals surface area (Å²) in [4.78, 5) is 3.21. The average Bonchev–Trinajstić information content (AvgIpc) is 2.61. The van der Waals surface area contributed by atoms with Gasteiger partial charge < -0.3 is 15.8 Å². The van der Waals surface area contributed by atoms with E-state index in [-0.39, 0.29) is 25.1 Å². The Labute approximate surface area is 101 Å². The molecular formula is C12H17ClN2O. The van der Waals surface area contributed by atoms with Gasteiger partial charge in [-0.05, 0) is 31.0 Å². The molecule has 0 radical (unpaired) electrons. The van der Waals surface area contributed by atoms with Crippen LogP contribution >= 0.6 is 12.4 Å². The minimum Gasteiger partial charge on any atom is -0.395 e. The van der Waals surface area contributed by atoms with Gasteiger partial charge in [-0.25, -0.2) is 0 Å². The number of aliphatic hydroxyl groups excluding tert-OH is 1. The Morgan fingerprint density at radius 2 is 2.19 bits per heavy atom. The Morgan fingerprint density at radius 3 is 2.88 bits per heavy atom. The molecule has 0 aliphatic rings. The van der Waals surface area contributed by atoms with Crippen LogP contribution in [0.1, 0.15) is 11.1 Å². The maximum Gasteiger partial charge on any atom is 0.0585 e. The van der Waals surface area contributed by atoms with Crippen molar-refractivity contribution in [3.8, 4) is 0 Å². The number of halogens is 1. The summed E-state index contributed by atoms with van der Waals surface area (Å²) in [6, 6.07) is 6.11.